The lowest BCUT2D eigenvalue weighted by Crippen LogP contribution is -2.30. The van der Waals surface area contributed by atoms with Crippen molar-refractivity contribution in [1.82, 2.24) is 0 Å². The Morgan fingerprint density at radius 3 is 0.817 bits per heavy atom. The van der Waals surface area contributed by atoms with E-state index in [0.717, 1.165) is 128 Å². The first kappa shape index (κ1) is 101. The van der Waals surface area contributed by atoms with Crippen LogP contribution in [0.25, 0.3) is 0 Å². The molecule has 0 bridgehead atoms. The summed E-state index contributed by atoms with van der Waals surface area (Å²) in [5, 5.41) is 10.7. The van der Waals surface area contributed by atoms with Gasteiger partial charge in [-0.25, -0.2) is 9.13 Å². The molecule has 0 aromatic carbocycles. The van der Waals surface area contributed by atoms with E-state index in [-0.39, 0.29) is 25.7 Å². The number of hydrogen-bond donors (Lipinski definition) is 3. The van der Waals surface area contributed by atoms with Crippen LogP contribution in [0.5, 0.6) is 0 Å². The fraction of sp³-hybridized carbons (Fsp3) is 0.859. The van der Waals surface area contributed by atoms with Crippen LogP contribution in [0.2, 0.25) is 0 Å². The zero-order valence-electron chi connectivity index (χ0n) is 67.1. The van der Waals surface area contributed by atoms with Crippen molar-refractivity contribution in [1.29, 1.82) is 0 Å². The highest BCUT2D eigenvalue weighted by Gasteiger charge is 2.30. The molecule has 0 aliphatic heterocycles. The predicted octanol–water partition coefficient (Wildman–Crippen LogP) is 25.1. The molecule has 0 saturated carbocycles. The van der Waals surface area contributed by atoms with Crippen LogP contribution in [0.4, 0.5) is 0 Å². The van der Waals surface area contributed by atoms with E-state index in [0.29, 0.717) is 25.7 Å². The first-order valence-corrected chi connectivity index (χ1v) is 45.8. The Labute approximate surface area is 636 Å². The van der Waals surface area contributed by atoms with Gasteiger partial charge in [-0.2, -0.15) is 0 Å². The second kappa shape index (κ2) is 76.8. The van der Waals surface area contributed by atoms with Crippen molar-refractivity contribution in [3.8, 4) is 0 Å². The Hall–Kier alpha value is -2.98. The molecule has 0 rings (SSSR count). The van der Waals surface area contributed by atoms with Crippen molar-refractivity contribution in [2.45, 2.75) is 425 Å². The van der Waals surface area contributed by atoms with E-state index in [2.05, 4.69) is 83.2 Å². The van der Waals surface area contributed by atoms with Crippen molar-refractivity contribution in [3.63, 3.8) is 0 Å². The maximum absolute atomic E-state index is 13.1. The summed E-state index contributed by atoms with van der Waals surface area (Å²) in [7, 11) is -9.95. The van der Waals surface area contributed by atoms with Crippen LogP contribution in [0.1, 0.15) is 407 Å². The molecular formula is C85H158O17P2. The Balaban J connectivity index is 5.29. The summed E-state index contributed by atoms with van der Waals surface area (Å²) in [6.45, 7) is 7.28. The third-order valence-electron chi connectivity index (χ3n) is 19.1. The smallest absolute Gasteiger partial charge is 0.462 e. The van der Waals surface area contributed by atoms with Crippen LogP contribution < -0.4 is 0 Å². The molecule has 0 radical (unpaired) electrons. The minimum atomic E-state index is -4.98. The van der Waals surface area contributed by atoms with Crippen molar-refractivity contribution in [2.75, 3.05) is 39.6 Å². The van der Waals surface area contributed by atoms with E-state index in [1.165, 1.54) is 199 Å². The van der Waals surface area contributed by atoms with Crippen molar-refractivity contribution in [2.24, 2.45) is 5.92 Å². The summed E-state index contributed by atoms with van der Waals surface area (Å²) in [4.78, 5) is 73.1. The molecule has 6 atom stereocenters. The van der Waals surface area contributed by atoms with Crippen LogP contribution in [-0.4, -0.2) is 96.7 Å². The number of unbranched alkanes of at least 4 members (excludes halogenated alkanes) is 46. The molecule has 0 aliphatic carbocycles. The Morgan fingerprint density at radius 1 is 0.308 bits per heavy atom. The van der Waals surface area contributed by atoms with Crippen LogP contribution in [0.3, 0.4) is 0 Å². The Bertz CT molecular complexity index is 2170. The van der Waals surface area contributed by atoms with Gasteiger partial charge in [0, 0.05) is 25.7 Å². The first-order chi connectivity index (χ1) is 50.6. The molecule has 0 spiro atoms. The number of esters is 4. The number of carbonyl (C=O) groups excluding carboxylic acids is 4. The third kappa shape index (κ3) is 75.8. The number of phosphoric acid groups is 2. The fourth-order valence-corrected chi connectivity index (χ4v) is 13.8. The molecule has 0 heterocycles. The zero-order chi connectivity index (χ0) is 76.2. The van der Waals surface area contributed by atoms with E-state index in [9.17, 15) is 43.2 Å². The van der Waals surface area contributed by atoms with Gasteiger partial charge < -0.3 is 33.8 Å². The predicted molar refractivity (Wildman–Crippen MR) is 427 cm³/mol. The molecule has 0 saturated heterocycles. The topological polar surface area (TPSA) is 237 Å². The molecule has 0 aliphatic rings. The van der Waals surface area contributed by atoms with Gasteiger partial charge in [-0.05, 0) is 83.0 Å². The van der Waals surface area contributed by atoms with Gasteiger partial charge in [0.2, 0.25) is 0 Å². The van der Waals surface area contributed by atoms with Crippen LogP contribution in [-0.2, 0) is 65.4 Å². The molecule has 19 heteroatoms. The van der Waals surface area contributed by atoms with E-state index in [1.54, 1.807) is 0 Å². The maximum Gasteiger partial charge on any atom is 0.472 e. The number of aliphatic hydroxyl groups excluding tert-OH is 1. The lowest BCUT2D eigenvalue weighted by Gasteiger charge is -2.21. The first-order valence-electron chi connectivity index (χ1n) is 42.8. The van der Waals surface area contributed by atoms with Gasteiger partial charge in [0.15, 0.2) is 12.2 Å². The molecular weight excluding hydrogens is 1350 g/mol. The van der Waals surface area contributed by atoms with Crippen molar-refractivity contribution >= 4 is 39.5 Å². The van der Waals surface area contributed by atoms with Gasteiger partial charge in [0.05, 0.1) is 26.4 Å². The van der Waals surface area contributed by atoms with Crippen molar-refractivity contribution in [3.05, 3.63) is 48.6 Å². The second-order valence-corrected chi connectivity index (χ2v) is 32.4. The monoisotopic (exact) mass is 1510 g/mol. The van der Waals surface area contributed by atoms with Gasteiger partial charge >= 0.3 is 39.5 Å². The van der Waals surface area contributed by atoms with E-state index in [1.807, 2.05) is 0 Å². The number of hydrogen-bond acceptors (Lipinski definition) is 15. The molecule has 610 valence electrons. The minimum Gasteiger partial charge on any atom is -0.462 e. The summed E-state index contributed by atoms with van der Waals surface area (Å²) in [6, 6.07) is 0. The molecule has 0 aromatic heterocycles. The average Bonchev–Trinajstić information content (AvgIpc) is 0.905. The van der Waals surface area contributed by atoms with Gasteiger partial charge in [0.1, 0.15) is 19.3 Å². The number of allylic oxidation sites excluding steroid dienone is 8. The average molecular weight is 1510 g/mol. The van der Waals surface area contributed by atoms with E-state index >= 15 is 0 Å². The second-order valence-electron chi connectivity index (χ2n) is 29.4. The zero-order valence-corrected chi connectivity index (χ0v) is 68.9. The fourth-order valence-electron chi connectivity index (χ4n) is 12.2. The molecule has 0 amide bonds. The Kier molecular flexibility index (Phi) is 74.6. The maximum atomic E-state index is 13.1. The molecule has 104 heavy (non-hydrogen) atoms. The normalized spacial score (nSPS) is 14.3. The standard InChI is InChI=1S/C85H158O17P2/c1-6-10-13-16-19-22-25-28-34-39-44-49-54-59-64-69-83(88)96-75-81(102-85(90)71-66-61-56-51-46-41-37-33-31-30-32-36-38-42-47-52-57-62-67-78(5)9-4)77-100-104(93,94)98-73-79(86)72-97-103(91,92)99-76-80(74-95-82(87)68-63-58-53-48-43-27-24-21-18-15-12-8-3)101-84(89)70-65-60-55-50-45-40-35-29-26-23-20-17-14-11-7-2/h22-23,25-26,28-29,34-35,78-81,86H,6-21,24,27,30-33,36-77H2,1-5H3,(H,91,92)(H,93,94)/b25-22-,26-23-,34-28-,35-29-/t78?,79-,80+,81+/m0/s1. The number of carbonyl (C=O) groups is 4. The lowest BCUT2D eigenvalue weighted by molar-refractivity contribution is -0.161. The van der Waals surface area contributed by atoms with Gasteiger partial charge in [-0.15, -0.1) is 0 Å². The quantitative estimate of drug-likeness (QED) is 0.0169. The molecule has 0 fully saturated rings. The molecule has 3 unspecified atom stereocenters. The summed E-state index contributed by atoms with van der Waals surface area (Å²) < 4.78 is 68.7. The van der Waals surface area contributed by atoms with Crippen LogP contribution >= 0.6 is 15.6 Å². The van der Waals surface area contributed by atoms with E-state index < -0.39 is 97.5 Å². The summed E-state index contributed by atoms with van der Waals surface area (Å²) in [5.41, 5.74) is 0. The minimum absolute atomic E-state index is 0.0834. The number of ether oxygens (including phenoxy) is 4. The van der Waals surface area contributed by atoms with Gasteiger partial charge in [0.25, 0.3) is 0 Å². The highest BCUT2D eigenvalue weighted by molar-refractivity contribution is 7.47. The summed E-state index contributed by atoms with van der Waals surface area (Å²) in [6.07, 6.45) is 75.1. The number of phosphoric ester groups is 2. The highest BCUT2D eigenvalue weighted by Crippen LogP contribution is 2.45. The summed E-state index contributed by atoms with van der Waals surface area (Å²) in [5.74, 6) is -1.29. The number of rotatable bonds is 81. The molecule has 3 N–H and O–H groups in total. The SMILES string of the molecule is CCCCCC/C=C\C=C/CCCCCCCC(=O)OC[C@H](COP(=O)(O)OC[C@@H](O)COP(=O)(O)OC[C@@H](COC(=O)CCCCCCCCCCCCCC)OC(=O)CCCCCCC/C=C\C=C/CCCCCC)OC(=O)CCCCCCCCCCCCCCCCCCCCC(C)CC. The van der Waals surface area contributed by atoms with Gasteiger partial charge in [-0.3, -0.25) is 37.3 Å². The largest absolute Gasteiger partial charge is 0.472 e. The highest BCUT2D eigenvalue weighted by atomic mass is 31.2. The van der Waals surface area contributed by atoms with Gasteiger partial charge in [-0.1, -0.05) is 353 Å². The summed E-state index contributed by atoms with van der Waals surface area (Å²) >= 11 is 0. The van der Waals surface area contributed by atoms with Crippen LogP contribution in [0, 0.1) is 5.92 Å². The Morgan fingerprint density at radius 2 is 0.538 bits per heavy atom. The van der Waals surface area contributed by atoms with Crippen LogP contribution in [0.15, 0.2) is 48.6 Å². The lowest BCUT2D eigenvalue weighted by atomic mass is 9.99. The molecule has 0 aromatic rings. The number of aliphatic hydroxyl groups is 1. The van der Waals surface area contributed by atoms with E-state index in [4.69, 9.17) is 37.0 Å². The molecule has 17 nitrogen and oxygen atoms in total. The van der Waals surface area contributed by atoms with Crippen molar-refractivity contribution < 1.29 is 80.2 Å². The third-order valence-corrected chi connectivity index (χ3v) is 21.0.